The minimum atomic E-state index is -0.413. The molecule has 3 nitrogen and oxygen atoms in total. The molecule has 0 amide bonds. The molecular formula is C50H32N2O. The number of benzene rings is 7. The van der Waals surface area contributed by atoms with Gasteiger partial charge in [-0.1, -0.05) is 121 Å². The molecule has 0 N–H and O–H groups in total. The molecule has 0 spiro atoms. The Morgan fingerprint density at radius 3 is 2.34 bits per heavy atom. The standard InChI is InChI=1S/C50H32N2O/c1-50-25-24-32(28-42(50)47-36-14-3-2-10-30(36)21-23-45(47)53-50)31-20-22-44-41(27-31)38-16-6-7-19-43(38)52(44)35-13-8-11-33(26-35)49-48-40-17-5-4-15-37(40)39-18-9-12-34(29-51-49)46(39)48/h2-29,42H,1H3. The van der Waals surface area contributed by atoms with Gasteiger partial charge in [-0.2, -0.15) is 0 Å². The zero-order chi connectivity index (χ0) is 34.8. The molecule has 248 valence electrons. The Hall–Kier alpha value is -6.71. The zero-order valence-electron chi connectivity index (χ0n) is 29.0. The minimum absolute atomic E-state index is 0.121. The smallest absolute Gasteiger partial charge is 0.135 e. The van der Waals surface area contributed by atoms with Gasteiger partial charge in [0.05, 0.1) is 22.6 Å². The summed E-state index contributed by atoms with van der Waals surface area (Å²) in [5.74, 6) is 1.10. The van der Waals surface area contributed by atoms with Gasteiger partial charge >= 0.3 is 0 Å². The van der Waals surface area contributed by atoms with Crippen LogP contribution in [0.4, 0.5) is 0 Å². The van der Waals surface area contributed by atoms with Crippen LogP contribution in [0.5, 0.6) is 5.75 Å². The molecule has 0 radical (unpaired) electrons. The van der Waals surface area contributed by atoms with Crippen molar-refractivity contribution in [3.8, 4) is 44.9 Å². The van der Waals surface area contributed by atoms with Crippen molar-refractivity contribution >= 4 is 48.9 Å². The number of hydrogen-bond acceptors (Lipinski definition) is 2. The van der Waals surface area contributed by atoms with E-state index in [1.807, 2.05) is 6.20 Å². The summed E-state index contributed by atoms with van der Waals surface area (Å²) in [7, 11) is 0. The summed E-state index contributed by atoms with van der Waals surface area (Å²) in [6.45, 7) is 2.21. The van der Waals surface area contributed by atoms with Gasteiger partial charge in [0.2, 0.25) is 0 Å². The highest BCUT2D eigenvalue weighted by atomic mass is 16.5. The maximum Gasteiger partial charge on any atom is 0.135 e. The number of aromatic nitrogens is 2. The van der Waals surface area contributed by atoms with E-state index in [-0.39, 0.29) is 5.92 Å². The average Bonchev–Trinajstić information content (AvgIpc) is 3.84. The van der Waals surface area contributed by atoms with Gasteiger partial charge < -0.3 is 9.30 Å². The van der Waals surface area contributed by atoms with Crippen LogP contribution >= 0.6 is 0 Å². The number of fused-ring (bicyclic) bond motifs is 11. The second-order valence-electron chi connectivity index (χ2n) is 14.8. The Morgan fingerprint density at radius 2 is 1.40 bits per heavy atom. The monoisotopic (exact) mass is 676 g/mol. The summed E-state index contributed by atoms with van der Waals surface area (Å²) in [6, 6.07) is 52.9. The summed E-state index contributed by atoms with van der Waals surface area (Å²) < 4.78 is 9.04. The fourth-order valence-corrected chi connectivity index (χ4v) is 9.48. The van der Waals surface area contributed by atoms with Gasteiger partial charge in [0.25, 0.3) is 0 Å². The number of pyridine rings is 1. The molecule has 12 rings (SSSR count). The van der Waals surface area contributed by atoms with Crippen molar-refractivity contribution in [2.45, 2.75) is 18.4 Å². The van der Waals surface area contributed by atoms with Crippen LogP contribution in [-0.2, 0) is 0 Å². The van der Waals surface area contributed by atoms with Gasteiger partial charge in [0.1, 0.15) is 11.4 Å². The lowest BCUT2D eigenvalue weighted by Gasteiger charge is -2.29. The van der Waals surface area contributed by atoms with Gasteiger partial charge in [0.15, 0.2) is 0 Å². The summed E-state index contributed by atoms with van der Waals surface area (Å²) in [5, 5.41) is 7.46. The maximum atomic E-state index is 6.63. The Morgan fingerprint density at radius 1 is 0.623 bits per heavy atom. The van der Waals surface area contributed by atoms with E-state index in [2.05, 4.69) is 175 Å². The lowest BCUT2D eigenvalue weighted by molar-refractivity contribution is 0.156. The Kier molecular flexibility index (Phi) is 5.69. The largest absolute Gasteiger partial charge is 0.482 e. The molecule has 3 heterocycles. The van der Waals surface area contributed by atoms with Crippen LogP contribution in [-0.4, -0.2) is 15.2 Å². The fraction of sp³-hybridized carbons (Fsp3) is 0.0600. The van der Waals surface area contributed by atoms with E-state index in [9.17, 15) is 0 Å². The molecule has 9 aromatic rings. The summed E-state index contributed by atoms with van der Waals surface area (Å²) in [6.07, 6.45) is 8.97. The Bertz CT molecular complexity index is 3130. The lowest BCUT2D eigenvalue weighted by atomic mass is 9.78. The van der Waals surface area contributed by atoms with Gasteiger partial charge in [0, 0.05) is 50.1 Å². The number of allylic oxidation sites excluding steroid dienone is 2. The Balaban J connectivity index is 1.00. The quantitative estimate of drug-likeness (QED) is 0.186. The highest BCUT2D eigenvalue weighted by molar-refractivity contribution is 6.18. The minimum Gasteiger partial charge on any atom is -0.482 e. The first kappa shape index (κ1) is 28.9. The van der Waals surface area contributed by atoms with Gasteiger partial charge in [-0.05, 0) is 88.0 Å². The average molecular weight is 677 g/mol. The van der Waals surface area contributed by atoms with E-state index < -0.39 is 5.60 Å². The number of hydrogen-bond donors (Lipinski definition) is 0. The van der Waals surface area contributed by atoms with Gasteiger partial charge in [-0.3, -0.25) is 4.98 Å². The van der Waals surface area contributed by atoms with E-state index in [0.29, 0.717) is 0 Å². The maximum absolute atomic E-state index is 6.63. The first-order valence-electron chi connectivity index (χ1n) is 18.4. The first-order chi connectivity index (χ1) is 26.1. The summed E-state index contributed by atoms with van der Waals surface area (Å²) in [4.78, 5) is 5.12. The molecular weight excluding hydrogens is 645 g/mol. The first-order valence-corrected chi connectivity index (χ1v) is 18.4. The molecule has 53 heavy (non-hydrogen) atoms. The zero-order valence-corrected chi connectivity index (χ0v) is 29.0. The summed E-state index contributed by atoms with van der Waals surface area (Å²) in [5.41, 5.74) is 14.0. The SMILES string of the molecule is CC12C=CC(c3ccc4c(c3)c3ccccc3n4-c3cccc(-c4ncc5cccc6c5c4-c4ccccc4-6)c3)=CC1c1c(ccc3ccccc13)O2. The van der Waals surface area contributed by atoms with Gasteiger partial charge in [-0.15, -0.1) is 0 Å². The summed E-state index contributed by atoms with van der Waals surface area (Å²) >= 11 is 0. The topological polar surface area (TPSA) is 27.1 Å². The molecule has 0 fully saturated rings. The van der Waals surface area contributed by atoms with Gasteiger partial charge in [-0.25, -0.2) is 0 Å². The van der Waals surface area contributed by atoms with E-state index in [4.69, 9.17) is 9.72 Å². The van der Waals surface area contributed by atoms with Crippen molar-refractivity contribution in [3.63, 3.8) is 0 Å². The lowest BCUT2D eigenvalue weighted by Crippen LogP contribution is -2.32. The number of rotatable bonds is 3. The highest BCUT2D eigenvalue weighted by Gasteiger charge is 2.44. The molecule has 3 aliphatic rings. The molecule has 2 atom stereocenters. The van der Waals surface area contributed by atoms with Crippen LogP contribution in [0.15, 0.2) is 170 Å². The van der Waals surface area contributed by atoms with Crippen molar-refractivity contribution in [1.82, 2.24) is 9.55 Å². The number of nitrogens with zero attached hydrogens (tertiary/aromatic N) is 2. The molecule has 2 unspecified atom stereocenters. The molecule has 0 saturated carbocycles. The van der Waals surface area contributed by atoms with E-state index in [1.54, 1.807) is 0 Å². The van der Waals surface area contributed by atoms with Crippen molar-refractivity contribution in [1.29, 1.82) is 0 Å². The molecule has 2 aliphatic carbocycles. The normalized spacial score (nSPS) is 18.0. The predicted molar refractivity (Wildman–Crippen MR) is 219 cm³/mol. The molecule has 2 aromatic heterocycles. The van der Waals surface area contributed by atoms with Crippen LogP contribution in [0, 0.1) is 0 Å². The second-order valence-corrected chi connectivity index (χ2v) is 14.8. The molecule has 0 bridgehead atoms. The Labute approximate surface area is 306 Å². The fourth-order valence-electron chi connectivity index (χ4n) is 9.48. The highest BCUT2D eigenvalue weighted by Crippen LogP contribution is 2.53. The van der Waals surface area contributed by atoms with Crippen molar-refractivity contribution in [2.75, 3.05) is 0 Å². The third-order valence-electron chi connectivity index (χ3n) is 11.9. The van der Waals surface area contributed by atoms with Crippen molar-refractivity contribution in [2.24, 2.45) is 0 Å². The van der Waals surface area contributed by atoms with Crippen molar-refractivity contribution < 1.29 is 4.74 Å². The van der Waals surface area contributed by atoms with E-state index in [0.717, 1.165) is 22.7 Å². The van der Waals surface area contributed by atoms with E-state index in [1.165, 1.54) is 82.3 Å². The molecule has 0 saturated heterocycles. The molecule has 1 aliphatic heterocycles. The van der Waals surface area contributed by atoms with Crippen LogP contribution < -0.4 is 4.74 Å². The number of ether oxygens (including phenoxy) is 1. The van der Waals surface area contributed by atoms with E-state index >= 15 is 0 Å². The third-order valence-corrected chi connectivity index (χ3v) is 11.9. The van der Waals surface area contributed by atoms with Crippen LogP contribution in [0.25, 0.3) is 88.1 Å². The molecule has 3 heteroatoms. The number of para-hydroxylation sites is 1. The van der Waals surface area contributed by atoms with Crippen LogP contribution in [0.2, 0.25) is 0 Å². The van der Waals surface area contributed by atoms with Crippen molar-refractivity contribution in [3.05, 3.63) is 181 Å². The molecule has 7 aromatic carbocycles. The second kappa shape index (κ2) is 10.4. The van der Waals surface area contributed by atoms with Crippen LogP contribution in [0.3, 0.4) is 0 Å². The van der Waals surface area contributed by atoms with Crippen LogP contribution in [0.1, 0.15) is 24.0 Å². The predicted octanol–water partition coefficient (Wildman–Crippen LogP) is 12.7. The third kappa shape index (κ3) is 3.97.